The fourth-order valence-electron chi connectivity index (χ4n) is 4.75. The average molecular weight is 545 g/mol. The second-order valence-electron chi connectivity index (χ2n) is 8.78. The molecule has 0 spiro atoms. The third-order valence-corrected chi connectivity index (χ3v) is 7.03. The van der Waals surface area contributed by atoms with Crippen molar-refractivity contribution in [2.24, 2.45) is 11.8 Å². The fraction of sp³-hybridized carbons (Fsp3) is 0.400. The Morgan fingerprint density at radius 2 is 2.11 bits per heavy atom. The summed E-state index contributed by atoms with van der Waals surface area (Å²) in [6.45, 7) is 3.54. The van der Waals surface area contributed by atoms with Crippen molar-refractivity contribution in [1.82, 2.24) is 14.9 Å². The smallest absolute Gasteiger partial charge is 0.310 e. The van der Waals surface area contributed by atoms with Gasteiger partial charge in [0.05, 0.1) is 37.4 Å². The Morgan fingerprint density at radius 1 is 1.23 bits per heavy atom. The largest absolute Gasteiger partial charge is 0.493 e. The van der Waals surface area contributed by atoms with Gasteiger partial charge in [-0.3, -0.25) is 4.79 Å². The molecule has 0 bridgehead atoms. The summed E-state index contributed by atoms with van der Waals surface area (Å²) in [5, 5.41) is 3.74. The molecule has 2 aliphatic rings. The Kier molecular flexibility index (Phi) is 7.01. The van der Waals surface area contributed by atoms with Crippen molar-refractivity contribution in [3.05, 3.63) is 46.9 Å². The summed E-state index contributed by atoms with van der Waals surface area (Å²) in [5.74, 6) is 1.54. The second kappa shape index (κ2) is 10.3. The van der Waals surface area contributed by atoms with Gasteiger partial charge in [0.15, 0.2) is 11.5 Å². The first-order valence-corrected chi connectivity index (χ1v) is 12.4. The van der Waals surface area contributed by atoms with Crippen molar-refractivity contribution in [1.29, 1.82) is 0 Å². The lowest BCUT2D eigenvalue weighted by Crippen LogP contribution is -2.31. The van der Waals surface area contributed by atoms with Gasteiger partial charge >= 0.3 is 5.97 Å². The topological polar surface area (TPSA) is 85.8 Å². The number of aromatic nitrogens is 2. The normalized spacial score (nSPS) is 19.9. The van der Waals surface area contributed by atoms with Gasteiger partial charge in [-0.2, -0.15) is 0 Å². The lowest BCUT2D eigenvalue weighted by molar-refractivity contribution is -0.154. The van der Waals surface area contributed by atoms with E-state index in [9.17, 15) is 9.18 Å². The number of halogens is 2. The molecule has 0 amide bonds. The summed E-state index contributed by atoms with van der Waals surface area (Å²) in [5.41, 5.74) is 0.956. The maximum absolute atomic E-state index is 14.4. The first kappa shape index (κ1) is 23.7. The molecule has 3 aromatic rings. The number of anilines is 2. The van der Waals surface area contributed by atoms with Gasteiger partial charge in [-0.15, -0.1) is 0 Å². The lowest BCUT2D eigenvalue weighted by Gasteiger charge is -2.22. The number of hydrogen-bond donors (Lipinski definition) is 1. The quantitative estimate of drug-likeness (QED) is 0.326. The molecule has 0 saturated carbocycles. The molecule has 0 aliphatic carbocycles. The lowest BCUT2D eigenvalue weighted by atomic mass is 9.91. The monoisotopic (exact) mass is 544 g/mol. The SMILES string of the molecule is COc1cc2ncnc(Nc3ccc(Br)cc3F)c2cc1OCCCN1CC2CCOC(=O)C2C1. The molecule has 2 aromatic carbocycles. The van der Waals surface area contributed by atoms with E-state index in [0.29, 0.717) is 57.5 Å². The highest BCUT2D eigenvalue weighted by molar-refractivity contribution is 9.10. The Balaban J connectivity index is 1.27. The number of carbonyl (C=O) groups excluding carboxylic acids is 1. The van der Waals surface area contributed by atoms with Crippen LogP contribution in [0.25, 0.3) is 10.9 Å². The van der Waals surface area contributed by atoms with Crippen LogP contribution in [-0.4, -0.2) is 60.8 Å². The highest BCUT2D eigenvalue weighted by atomic mass is 79.9. The van der Waals surface area contributed by atoms with E-state index in [1.807, 2.05) is 6.07 Å². The predicted octanol–water partition coefficient (Wildman–Crippen LogP) is 4.55. The van der Waals surface area contributed by atoms with Crippen molar-refractivity contribution in [2.45, 2.75) is 12.8 Å². The third kappa shape index (κ3) is 5.18. The number of likely N-dealkylation sites (tertiary alicyclic amines) is 1. The molecular formula is C25H26BrFN4O4. The van der Waals surface area contributed by atoms with Crippen molar-refractivity contribution >= 4 is 44.3 Å². The Bertz CT molecular complexity index is 1240. The number of cyclic esters (lactones) is 1. The maximum Gasteiger partial charge on any atom is 0.310 e. The van der Waals surface area contributed by atoms with Crippen LogP contribution in [0.1, 0.15) is 12.8 Å². The number of ether oxygens (including phenoxy) is 3. The zero-order valence-corrected chi connectivity index (χ0v) is 20.9. The van der Waals surface area contributed by atoms with Crippen LogP contribution in [0, 0.1) is 17.7 Å². The number of methoxy groups -OCH3 is 1. The molecule has 2 saturated heterocycles. The van der Waals surface area contributed by atoms with Crippen LogP contribution in [0.15, 0.2) is 41.1 Å². The van der Waals surface area contributed by atoms with E-state index in [0.717, 1.165) is 32.5 Å². The van der Waals surface area contributed by atoms with E-state index in [-0.39, 0.29) is 11.9 Å². The summed E-state index contributed by atoms with van der Waals surface area (Å²) in [6.07, 6.45) is 3.17. The van der Waals surface area contributed by atoms with Crippen LogP contribution >= 0.6 is 15.9 Å². The number of carbonyl (C=O) groups is 1. The first-order valence-electron chi connectivity index (χ1n) is 11.6. The first-order chi connectivity index (χ1) is 17.0. The zero-order chi connectivity index (χ0) is 24.4. The molecule has 35 heavy (non-hydrogen) atoms. The van der Waals surface area contributed by atoms with Crippen molar-refractivity contribution in [2.75, 3.05) is 45.3 Å². The van der Waals surface area contributed by atoms with Crippen molar-refractivity contribution in [3.8, 4) is 11.5 Å². The van der Waals surface area contributed by atoms with Crippen molar-refractivity contribution < 1.29 is 23.4 Å². The summed E-state index contributed by atoms with van der Waals surface area (Å²) < 4.78 is 31.8. The van der Waals surface area contributed by atoms with Crippen LogP contribution < -0.4 is 14.8 Å². The van der Waals surface area contributed by atoms with E-state index >= 15 is 0 Å². The van der Waals surface area contributed by atoms with Gasteiger partial charge in [0, 0.05) is 35.6 Å². The molecule has 2 atom stereocenters. The van der Waals surface area contributed by atoms with E-state index in [1.165, 1.54) is 12.4 Å². The molecule has 0 radical (unpaired) electrons. The zero-order valence-electron chi connectivity index (χ0n) is 19.3. The standard InChI is InChI=1S/C25H26BrFN4O4/c1-33-22-11-21-17(24(29-14-28-21)30-20-4-3-16(26)9-19(20)27)10-23(22)34-7-2-6-31-12-15-5-8-35-25(32)18(15)13-31/h3-4,9-11,14-15,18H,2,5-8,12-13H2,1H3,(H,28,29,30). The van der Waals surface area contributed by atoms with Gasteiger partial charge in [-0.1, -0.05) is 15.9 Å². The van der Waals surface area contributed by atoms with Crippen LogP contribution in [0.4, 0.5) is 15.9 Å². The van der Waals surface area contributed by atoms with Gasteiger partial charge in [0.2, 0.25) is 0 Å². The third-order valence-electron chi connectivity index (χ3n) is 6.53. The molecular weight excluding hydrogens is 519 g/mol. The molecule has 5 rings (SSSR count). The van der Waals surface area contributed by atoms with Crippen LogP contribution in [0.3, 0.4) is 0 Å². The van der Waals surface area contributed by atoms with Gasteiger partial charge in [-0.25, -0.2) is 14.4 Å². The maximum atomic E-state index is 14.4. The van der Waals surface area contributed by atoms with Crippen molar-refractivity contribution in [3.63, 3.8) is 0 Å². The molecule has 2 fully saturated rings. The average Bonchev–Trinajstić information content (AvgIpc) is 3.28. The van der Waals surface area contributed by atoms with Crippen LogP contribution in [0.2, 0.25) is 0 Å². The molecule has 2 unspecified atom stereocenters. The molecule has 1 N–H and O–H groups in total. The Hall–Kier alpha value is -2.98. The number of fused-ring (bicyclic) bond motifs is 2. The number of rotatable bonds is 8. The van der Waals surface area contributed by atoms with Gasteiger partial charge in [-0.05, 0) is 43.0 Å². The van der Waals surface area contributed by atoms with Gasteiger partial charge in [0.1, 0.15) is 18.0 Å². The van der Waals surface area contributed by atoms with E-state index in [2.05, 4.69) is 36.1 Å². The minimum Gasteiger partial charge on any atom is -0.493 e. The summed E-state index contributed by atoms with van der Waals surface area (Å²) >= 11 is 3.27. The van der Waals surface area contributed by atoms with E-state index in [1.54, 1.807) is 25.3 Å². The fourth-order valence-corrected chi connectivity index (χ4v) is 5.08. The number of esters is 1. The Labute approximate surface area is 210 Å². The number of hydrogen-bond acceptors (Lipinski definition) is 8. The molecule has 10 heteroatoms. The molecule has 3 heterocycles. The molecule has 8 nitrogen and oxygen atoms in total. The number of nitrogens with zero attached hydrogens (tertiary/aromatic N) is 3. The summed E-state index contributed by atoms with van der Waals surface area (Å²) in [6, 6.07) is 8.38. The van der Waals surface area contributed by atoms with Gasteiger partial charge in [0.25, 0.3) is 0 Å². The molecule has 2 aliphatic heterocycles. The minimum absolute atomic E-state index is 0.00624. The molecule has 1 aromatic heterocycles. The van der Waals surface area contributed by atoms with E-state index in [4.69, 9.17) is 14.2 Å². The van der Waals surface area contributed by atoms with Crippen LogP contribution in [-0.2, 0) is 9.53 Å². The number of benzene rings is 2. The minimum atomic E-state index is -0.397. The molecule has 184 valence electrons. The Morgan fingerprint density at radius 3 is 2.91 bits per heavy atom. The highest BCUT2D eigenvalue weighted by Crippen LogP contribution is 2.35. The summed E-state index contributed by atoms with van der Waals surface area (Å²) in [7, 11) is 1.58. The van der Waals surface area contributed by atoms with Gasteiger partial charge < -0.3 is 24.4 Å². The summed E-state index contributed by atoms with van der Waals surface area (Å²) in [4.78, 5) is 22.9. The van der Waals surface area contributed by atoms with Crippen LogP contribution in [0.5, 0.6) is 11.5 Å². The predicted molar refractivity (Wildman–Crippen MR) is 133 cm³/mol. The second-order valence-corrected chi connectivity index (χ2v) is 9.69. The highest BCUT2D eigenvalue weighted by Gasteiger charge is 2.40. The number of nitrogens with one attached hydrogen (secondary N) is 1. The van der Waals surface area contributed by atoms with E-state index < -0.39 is 5.82 Å².